The molecule has 0 amide bonds. The molecule has 0 saturated carbocycles. The zero-order valence-corrected chi connectivity index (χ0v) is 13.0. The number of hydrogen-bond donors (Lipinski definition) is 1. The highest BCUT2D eigenvalue weighted by molar-refractivity contribution is 5.50. The van der Waals surface area contributed by atoms with Crippen LogP contribution in [0.4, 0.5) is 4.39 Å². The molecule has 1 rings (SSSR count). The van der Waals surface area contributed by atoms with Crippen molar-refractivity contribution >= 4 is 0 Å². The smallest absolute Gasteiger partial charge is 0.143 e. The summed E-state index contributed by atoms with van der Waals surface area (Å²) in [6, 6.07) is 0. The van der Waals surface area contributed by atoms with Gasteiger partial charge in [-0.2, -0.15) is 0 Å². The Morgan fingerprint density at radius 2 is 2.10 bits per heavy atom. The minimum absolute atomic E-state index is 0.190. The minimum atomic E-state index is -0.190. The standard InChI is InChI=1S/C18H25FO/c1-5-14(8-7-13(3)4)18(12-17(20)6-2)15-9-10-16(19)11-15/h6,8,12-13,20H,5,7,9-10H2,1-4H3/b14-8+,17-6+,18-12+. The monoisotopic (exact) mass is 276 g/mol. The van der Waals surface area contributed by atoms with E-state index in [1.807, 2.05) is 0 Å². The van der Waals surface area contributed by atoms with Gasteiger partial charge in [0.25, 0.3) is 0 Å². The van der Waals surface area contributed by atoms with E-state index in [1.54, 1.807) is 19.1 Å². The zero-order chi connectivity index (χ0) is 15.1. The molecule has 0 aliphatic heterocycles. The van der Waals surface area contributed by atoms with Crippen LogP contribution in [0.15, 0.2) is 52.3 Å². The summed E-state index contributed by atoms with van der Waals surface area (Å²) in [5, 5.41) is 9.79. The summed E-state index contributed by atoms with van der Waals surface area (Å²) in [5.41, 5.74) is 5.76. The van der Waals surface area contributed by atoms with Gasteiger partial charge in [0.2, 0.25) is 0 Å². The van der Waals surface area contributed by atoms with Crippen LogP contribution in [0, 0.1) is 5.92 Å². The van der Waals surface area contributed by atoms with Gasteiger partial charge in [0.1, 0.15) is 11.6 Å². The van der Waals surface area contributed by atoms with Gasteiger partial charge in [-0.3, -0.25) is 0 Å². The maximum Gasteiger partial charge on any atom is 0.143 e. The first-order valence-corrected chi connectivity index (χ1v) is 7.38. The van der Waals surface area contributed by atoms with Crippen molar-refractivity contribution < 1.29 is 9.50 Å². The highest BCUT2D eigenvalue weighted by Crippen LogP contribution is 2.32. The molecule has 1 aliphatic carbocycles. The van der Waals surface area contributed by atoms with Gasteiger partial charge in [0, 0.05) is 12.0 Å². The van der Waals surface area contributed by atoms with Crippen LogP contribution < -0.4 is 0 Å². The Bertz CT molecular complexity index is 498. The van der Waals surface area contributed by atoms with E-state index in [0.29, 0.717) is 18.8 Å². The van der Waals surface area contributed by atoms with Gasteiger partial charge in [-0.1, -0.05) is 32.6 Å². The Morgan fingerprint density at radius 3 is 2.55 bits per heavy atom. The topological polar surface area (TPSA) is 20.2 Å². The largest absolute Gasteiger partial charge is 0.508 e. The van der Waals surface area contributed by atoms with E-state index in [-0.39, 0.29) is 11.6 Å². The van der Waals surface area contributed by atoms with Crippen LogP contribution in [0.5, 0.6) is 0 Å². The first-order valence-electron chi connectivity index (χ1n) is 7.38. The predicted molar refractivity (Wildman–Crippen MR) is 83.2 cm³/mol. The molecule has 0 spiro atoms. The SMILES string of the molecule is C\C=C(O)/C=C(C1=C=C(F)CC1)\C(=C\CC(C)C)CC. The summed E-state index contributed by atoms with van der Waals surface area (Å²) >= 11 is 0. The summed E-state index contributed by atoms with van der Waals surface area (Å²) in [6.07, 6.45) is 8.50. The van der Waals surface area contributed by atoms with Crippen molar-refractivity contribution in [1.29, 1.82) is 0 Å². The fraction of sp³-hybridized carbons (Fsp3) is 0.500. The summed E-state index contributed by atoms with van der Waals surface area (Å²) in [6.45, 7) is 8.21. The average molecular weight is 276 g/mol. The molecule has 0 saturated heterocycles. The molecule has 20 heavy (non-hydrogen) atoms. The predicted octanol–water partition coefficient (Wildman–Crippen LogP) is 5.93. The fourth-order valence-corrected chi connectivity index (χ4v) is 2.15. The average Bonchev–Trinajstić information content (AvgIpc) is 2.83. The summed E-state index contributed by atoms with van der Waals surface area (Å²) in [4.78, 5) is 0. The third kappa shape index (κ3) is 4.86. The summed E-state index contributed by atoms with van der Waals surface area (Å²) < 4.78 is 13.3. The highest BCUT2D eigenvalue weighted by atomic mass is 19.1. The second kappa shape index (κ2) is 7.91. The molecule has 0 heterocycles. The first kappa shape index (κ1) is 16.5. The van der Waals surface area contributed by atoms with E-state index in [0.717, 1.165) is 29.6 Å². The van der Waals surface area contributed by atoms with Crippen molar-refractivity contribution in [3.8, 4) is 0 Å². The van der Waals surface area contributed by atoms with E-state index >= 15 is 0 Å². The Hall–Kier alpha value is -1.53. The molecule has 1 aliphatic rings. The van der Waals surface area contributed by atoms with Gasteiger partial charge < -0.3 is 5.11 Å². The van der Waals surface area contributed by atoms with Crippen molar-refractivity contribution in [2.75, 3.05) is 0 Å². The van der Waals surface area contributed by atoms with Gasteiger partial charge >= 0.3 is 0 Å². The number of allylic oxidation sites excluding steroid dienone is 6. The lowest BCUT2D eigenvalue weighted by Crippen LogP contribution is -1.96. The van der Waals surface area contributed by atoms with E-state index in [9.17, 15) is 9.50 Å². The van der Waals surface area contributed by atoms with Gasteiger partial charge in [0.15, 0.2) is 0 Å². The molecule has 0 unspecified atom stereocenters. The van der Waals surface area contributed by atoms with Crippen molar-refractivity contribution in [1.82, 2.24) is 0 Å². The molecule has 0 bridgehead atoms. The van der Waals surface area contributed by atoms with Crippen LogP contribution in [-0.4, -0.2) is 5.11 Å². The van der Waals surface area contributed by atoms with Crippen LogP contribution in [0.1, 0.15) is 53.4 Å². The first-order chi connectivity index (χ1) is 9.47. The molecule has 0 radical (unpaired) electrons. The van der Waals surface area contributed by atoms with Crippen molar-refractivity contribution in [2.24, 2.45) is 5.92 Å². The maximum absolute atomic E-state index is 13.3. The number of rotatable bonds is 6. The second-order valence-electron chi connectivity index (χ2n) is 5.49. The number of halogens is 1. The molecular weight excluding hydrogens is 251 g/mol. The fourth-order valence-electron chi connectivity index (χ4n) is 2.15. The van der Waals surface area contributed by atoms with Crippen LogP contribution in [0.3, 0.4) is 0 Å². The lowest BCUT2D eigenvalue weighted by Gasteiger charge is -2.12. The molecule has 0 aromatic rings. The Labute approximate surface area is 121 Å². The molecule has 110 valence electrons. The number of aliphatic hydroxyl groups is 1. The van der Waals surface area contributed by atoms with Gasteiger partial charge in [-0.15, -0.1) is 0 Å². The van der Waals surface area contributed by atoms with Gasteiger partial charge in [0.05, 0.1) is 0 Å². The van der Waals surface area contributed by atoms with E-state index in [2.05, 4.69) is 32.6 Å². The van der Waals surface area contributed by atoms with Crippen molar-refractivity contribution in [3.63, 3.8) is 0 Å². The molecule has 1 nitrogen and oxygen atoms in total. The zero-order valence-electron chi connectivity index (χ0n) is 13.0. The van der Waals surface area contributed by atoms with E-state index < -0.39 is 0 Å². The van der Waals surface area contributed by atoms with Crippen LogP contribution in [0.25, 0.3) is 0 Å². The lowest BCUT2D eigenvalue weighted by atomic mass is 9.92. The van der Waals surface area contributed by atoms with Crippen LogP contribution >= 0.6 is 0 Å². The Balaban J connectivity index is 3.20. The van der Waals surface area contributed by atoms with Gasteiger partial charge in [-0.05, 0) is 55.4 Å². The van der Waals surface area contributed by atoms with Gasteiger partial charge in [-0.25, -0.2) is 4.39 Å². The minimum Gasteiger partial charge on any atom is -0.508 e. The molecular formula is C18H25FO. The van der Waals surface area contributed by atoms with Crippen LogP contribution in [-0.2, 0) is 0 Å². The Kier molecular flexibility index (Phi) is 6.54. The normalized spacial score (nSPS) is 17.6. The third-order valence-corrected chi connectivity index (χ3v) is 3.36. The van der Waals surface area contributed by atoms with Crippen molar-refractivity contribution in [3.05, 3.63) is 52.3 Å². The third-order valence-electron chi connectivity index (χ3n) is 3.36. The van der Waals surface area contributed by atoms with Crippen LogP contribution in [0.2, 0.25) is 0 Å². The van der Waals surface area contributed by atoms with Crippen molar-refractivity contribution in [2.45, 2.75) is 53.4 Å². The quantitative estimate of drug-likeness (QED) is 0.362. The summed E-state index contributed by atoms with van der Waals surface area (Å²) in [7, 11) is 0. The maximum atomic E-state index is 13.3. The lowest BCUT2D eigenvalue weighted by molar-refractivity contribution is 0.430. The Morgan fingerprint density at radius 1 is 1.40 bits per heavy atom. The molecule has 0 fully saturated rings. The summed E-state index contributed by atoms with van der Waals surface area (Å²) in [5.74, 6) is 0.605. The second-order valence-corrected chi connectivity index (χ2v) is 5.49. The molecule has 2 heteroatoms. The number of aliphatic hydroxyl groups excluding tert-OH is 1. The molecule has 0 atom stereocenters. The highest BCUT2D eigenvalue weighted by Gasteiger charge is 2.15. The molecule has 0 aromatic carbocycles. The number of hydrogen-bond acceptors (Lipinski definition) is 1. The molecule has 1 N–H and O–H groups in total. The molecule has 0 aromatic heterocycles. The van der Waals surface area contributed by atoms with E-state index in [4.69, 9.17) is 0 Å². The van der Waals surface area contributed by atoms with E-state index in [1.165, 1.54) is 0 Å².